The highest BCUT2D eigenvalue weighted by molar-refractivity contribution is 6.30. The third-order valence-electron chi connectivity index (χ3n) is 3.01. The lowest BCUT2D eigenvalue weighted by Gasteiger charge is -2.25. The minimum absolute atomic E-state index is 0.0529. The van der Waals surface area contributed by atoms with Gasteiger partial charge in [-0.25, -0.2) is 0 Å². The molecule has 0 atom stereocenters. The van der Waals surface area contributed by atoms with E-state index in [1.165, 1.54) is 4.90 Å². The second-order valence-electron chi connectivity index (χ2n) is 5.93. The van der Waals surface area contributed by atoms with Gasteiger partial charge in [0.15, 0.2) is 0 Å². The molecule has 1 rings (SSSR count). The summed E-state index contributed by atoms with van der Waals surface area (Å²) < 4.78 is 0. The van der Waals surface area contributed by atoms with Crippen LogP contribution in [0.5, 0.6) is 0 Å². The summed E-state index contributed by atoms with van der Waals surface area (Å²) in [4.78, 5) is 25.2. The van der Waals surface area contributed by atoms with Crippen LogP contribution in [-0.4, -0.2) is 47.6 Å². The van der Waals surface area contributed by atoms with Crippen LogP contribution in [0.3, 0.4) is 0 Å². The molecule has 0 aliphatic heterocycles. The van der Waals surface area contributed by atoms with Crippen LogP contribution < -0.4 is 5.32 Å². The van der Waals surface area contributed by atoms with Crippen molar-refractivity contribution in [3.05, 3.63) is 34.9 Å². The van der Waals surface area contributed by atoms with Gasteiger partial charge >= 0.3 is 0 Å². The van der Waals surface area contributed by atoms with Crippen LogP contribution in [0.4, 0.5) is 0 Å². The molecule has 0 saturated carbocycles. The topological polar surface area (TPSA) is 69.6 Å². The maximum atomic E-state index is 11.9. The summed E-state index contributed by atoms with van der Waals surface area (Å²) in [6.45, 7) is 4.01. The van der Waals surface area contributed by atoms with Crippen LogP contribution in [0.2, 0.25) is 5.02 Å². The molecule has 1 aromatic carbocycles. The molecule has 0 radical (unpaired) electrons. The fourth-order valence-electron chi connectivity index (χ4n) is 2.00. The number of benzene rings is 1. The molecule has 0 aromatic heterocycles. The predicted octanol–water partition coefficient (Wildman–Crippen LogP) is 2.08. The molecule has 2 amide bonds. The van der Waals surface area contributed by atoms with E-state index < -0.39 is 5.60 Å². The number of aliphatic hydroxyl groups is 1. The number of carbonyl (C=O) groups is 2. The van der Waals surface area contributed by atoms with Crippen LogP contribution >= 0.6 is 11.6 Å². The molecule has 0 aliphatic rings. The van der Waals surface area contributed by atoms with Gasteiger partial charge in [-0.05, 0) is 44.5 Å². The Morgan fingerprint density at radius 2 is 1.86 bits per heavy atom. The number of hydrogen-bond acceptors (Lipinski definition) is 3. The summed E-state index contributed by atoms with van der Waals surface area (Å²) in [5.74, 6) is -0.239. The molecule has 0 heterocycles. The monoisotopic (exact) mass is 326 g/mol. The van der Waals surface area contributed by atoms with E-state index in [1.807, 2.05) is 0 Å². The molecule has 6 heteroatoms. The highest BCUT2D eigenvalue weighted by atomic mass is 35.5. The van der Waals surface area contributed by atoms with Gasteiger partial charge in [0.1, 0.15) is 0 Å². The smallest absolute Gasteiger partial charge is 0.251 e. The van der Waals surface area contributed by atoms with Crippen LogP contribution in [0, 0.1) is 0 Å². The molecular weight excluding hydrogens is 304 g/mol. The van der Waals surface area contributed by atoms with Gasteiger partial charge < -0.3 is 15.3 Å². The van der Waals surface area contributed by atoms with E-state index in [4.69, 9.17) is 11.6 Å². The first kappa shape index (κ1) is 18.5. The minimum Gasteiger partial charge on any atom is -0.389 e. The molecule has 1 aromatic rings. The highest BCUT2D eigenvalue weighted by Crippen LogP contribution is 2.09. The van der Waals surface area contributed by atoms with Crippen molar-refractivity contribution < 1.29 is 14.7 Å². The van der Waals surface area contributed by atoms with Crippen molar-refractivity contribution in [2.45, 2.75) is 32.3 Å². The van der Waals surface area contributed by atoms with Gasteiger partial charge in [0.2, 0.25) is 5.91 Å². The number of rotatable bonds is 7. The summed E-state index contributed by atoms with van der Waals surface area (Å²) in [5, 5.41) is 13.0. The molecule has 0 unspecified atom stereocenters. The Kier molecular flexibility index (Phi) is 6.84. The first-order chi connectivity index (χ1) is 10.2. The molecule has 22 heavy (non-hydrogen) atoms. The third-order valence-corrected chi connectivity index (χ3v) is 3.26. The Labute approximate surface area is 136 Å². The molecule has 5 nitrogen and oxygen atoms in total. The average molecular weight is 327 g/mol. The number of nitrogens with one attached hydrogen (secondary N) is 1. The van der Waals surface area contributed by atoms with Gasteiger partial charge in [0, 0.05) is 37.1 Å². The van der Waals surface area contributed by atoms with Crippen molar-refractivity contribution in [3.63, 3.8) is 0 Å². The zero-order valence-corrected chi connectivity index (χ0v) is 14.0. The minimum atomic E-state index is -0.910. The predicted molar refractivity (Wildman–Crippen MR) is 87.0 cm³/mol. The van der Waals surface area contributed by atoms with Gasteiger partial charge in [-0.3, -0.25) is 9.59 Å². The largest absolute Gasteiger partial charge is 0.389 e. The standard InChI is InChI=1S/C16H23ClN2O3/c1-16(2,22)11-19(3)14(20)5-4-10-18-15(21)12-6-8-13(17)9-7-12/h6-9,22H,4-5,10-11H2,1-3H3,(H,18,21). The number of carbonyl (C=O) groups excluding carboxylic acids is 2. The van der Waals surface area contributed by atoms with Crippen molar-refractivity contribution in [1.29, 1.82) is 0 Å². The van der Waals surface area contributed by atoms with Gasteiger partial charge in [0.05, 0.1) is 5.60 Å². The van der Waals surface area contributed by atoms with E-state index in [9.17, 15) is 14.7 Å². The molecule has 0 saturated heterocycles. The van der Waals surface area contributed by atoms with Crippen molar-refractivity contribution in [2.75, 3.05) is 20.1 Å². The summed E-state index contributed by atoms with van der Waals surface area (Å²) in [5.41, 5.74) is -0.373. The molecule has 0 fully saturated rings. The lowest BCUT2D eigenvalue weighted by molar-refractivity contribution is -0.132. The second-order valence-corrected chi connectivity index (χ2v) is 6.37. The Morgan fingerprint density at radius 3 is 2.41 bits per heavy atom. The molecule has 0 bridgehead atoms. The normalized spacial score (nSPS) is 11.1. The van der Waals surface area contributed by atoms with E-state index in [1.54, 1.807) is 45.2 Å². The van der Waals surface area contributed by atoms with E-state index in [0.717, 1.165) is 0 Å². The molecule has 122 valence electrons. The van der Waals surface area contributed by atoms with Gasteiger partial charge in [-0.1, -0.05) is 11.6 Å². The van der Waals surface area contributed by atoms with Crippen molar-refractivity contribution in [2.24, 2.45) is 0 Å². The first-order valence-corrected chi connectivity index (χ1v) is 7.57. The van der Waals surface area contributed by atoms with E-state index >= 15 is 0 Å². The van der Waals surface area contributed by atoms with Crippen LogP contribution in [0.25, 0.3) is 0 Å². The van der Waals surface area contributed by atoms with Gasteiger partial charge in [0.25, 0.3) is 5.91 Å². The molecule has 2 N–H and O–H groups in total. The van der Waals surface area contributed by atoms with Crippen molar-refractivity contribution in [3.8, 4) is 0 Å². The highest BCUT2D eigenvalue weighted by Gasteiger charge is 2.18. The quantitative estimate of drug-likeness (QED) is 0.754. The number of hydrogen-bond donors (Lipinski definition) is 2. The number of amides is 2. The van der Waals surface area contributed by atoms with Crippen LogP contribution in [0.15, 0.2) is 24.3 Å². The lowest BCUT2D eigenvalue weighted by atomic mass is 10.1. The van der Waals surface area contributed by atoms with Gasteiger partial charge in [-0.15, -0.1) is 0 Å². The molecule has 0 spiro atoms. The third kappa shape index (κ3) is 6.91. The lowest BCUT2D eigenvalue weighted by Crippen LogP contribution is -2.39. The van der Waals surface area contributed by atoms with E-state index in [0.29, 0.717) is 30.0 Å². The molecular formula is C16H23ClN2O3. The maximum absolute atomic E-state index is 11.9. The number of nitrogens with zero attached hydrogens (tertiary/aromatic N) is 1. The van der Waals surface area contributed by atoms with E-state index in [2.05, 4.69) is 5.32 Å². The Bertz CT molecular complexity index is 509. The Balaban J connectivity index is 2.28. The fourth-order valence-corrected chi connectivity index (χ4v) is 2.13. The fraction of sp³-hybridized carbons (Fsp3) is 0.500. The van der Waals surface area contributed by atoms with Crippen LogP contribution in [-0.2, 0) is 4.79 Å². The zero-order chi connectivity index (χ0) is 16.8. The summed E-state index contributed by atoms with van der Waals surface area (Å²) in [6, 6.07) is 6.62. The Hall–Kier alpha value is -1.59. The van der Waals surface area contributed by atoms with Crippen molar-refractivity contribution >= 4 is 23.4 Å². The number of likely N-dealkylation sites (N-methyl/N-ethyl adjacent to an activating group) is 1. The Morgan fingerprint density at radius 1 is 1.27 bits per heavy atom. The first-order valence-electron chi connectivity index (χ1n) is 7.19. The van der Waals surface area contributed by atoms with Crippen LogP contribution in [0.1, 0.15) is 37.0 Å². The summed E-state index contributed by atoms with van der Waals surface area (Å²) >= 11 is 5.76. The number of halogens is 1. The second kappa shape index (κ2) is 8.15. The van der Waals surface area contributed by atoms with E-state index in [-0.39, 0.29) is 18.4 Å². The van der Waals surface area contributed by atoms with Gasteiger partial charge in [-0.2, -0.15) is 0 Å². The summed E-state index contributed by atoms with van der Waals surface area (Å²) in [6.07, 6.45) is 0.877. The zero-order valence-electron chi connectivity index (χ0n) is 13.2. The SMILES string of the molecule is CN(CC(C)(C)O)C(=O)CCCNC(=O)c1ccc(Cl)cc1. The average Bonchev–Trinajstić information content (AvgIpc) is 2.42. The summed E-state index contributed by atoms with van der Waals surface area (Å²) in [7, 11) is 1.66. The molecule has 0 aliphatic carbocycles. The maximum Gasteiger partial charge on any atom is 0.251 e. The van der Waals surface area contributed by atoms with Crippen molar-refractivity contribution in [1.82, 2.24) is 10.2 Å².